The number of carbonyl (C=O) groups is 2. The maximum absolute atomic E-state index is 12.6. The zero-order valence-corrected chi connectivity index (χ0v) is 15.2. The Morgan fingerprint density at radius 2 is 1.36 bits per heavy atom. The van der Waals surface area contributed by atoms with Gasteiger partial charge in [0.25, 0.3) is 0 Å². The van der Waals surface area contributed by atoms with Gasteiger partial charge in [-0.2, -0.15) is 0 Å². The fourth-order valence-corrected chi connectivity index (χ4v) is 3.83. The van der Waals surface area contributed by atoms with E-state index in [-0.39, 0.29) is 18.9 Å². The van der Waals surface area contributed by atoms with Crippen LogP contribution in [0.15, 0.2) is 78.9 Å². The van der Waals surface area contributed by atoms with Crippen LogP contribution in [0.1, 0.15) is 22.6 Å². The third-order valence-corrected chi connectivity index (χ3v) is 5.22. The fraction of sp³-hybridized carbons (Fsp3) is 0.167. The molecule has 0 heterocycles. The van der Waals surface area contributed by atoms with E-state index < -0.39 is 17.9 Å². The van der Waals surface area contributed by atoms with Gasteiger partial charge in [0, 0.05) is 5.92 Å². The van der Waals surface area contributed by atoms with Crippen molar-refractivity contribution in [2.24, 2.45) is 5.92 Å². The van der Waals surface area contributed by atoms with Crippen molar-refractivity contribution >= 4 is 11.9 Å². The van der Waals surface area contributed by atoms with E-state index >= 15 is 0 Å². The van der Waals surface area contributed by atoms with Gasteiger partial charge in [0.05, 0.1) is 0 Å². The van der Waals surface area contributed by atoms with Gasteiger partial charge in [-0.25, -0.2) is 0 Å². The number of carbonyl (C=O) groups excluding carboxylic acids is 1. The van der Waals surface area contributed by atoms with Gasteiger partial charge in [-0.1, -0.05) is 78.9 Å². The molecule has 4 nitrogen and oxygen atoms in total. The Hall–Kier alpha value is -3.40. The van der Waals surface area contributed by atoms with E-state index in [1.54, 1.807) is 0 Å². The standard InChI is InChI=1S/C24H20O4/c25-23(26)21(14-16-8-2-1-3-9-16)24(27)28-15-22-19-12-6-4-10-17(19)18-11-5-7-13-20(18)22/h1-13,21-22H,14-15H2,(H,25,26). The van der Waals surface area contributed by atoms with Crippen LogP contribution >= 0.6 is 0 Å². The minimum absolute atomic E-state index is 0.0810. The van der Waals surface area contributed by atoms with E-state index in [1.165, 1.54) is 0 Å². The summed E-state index contributed by atoms with van der Waals surface area (Å²) >= 11 is 0. The Morgan fingerprint density at radius 1 is 0.821 bits per heavy atom. The highest BCUT2D eigenvalue weighted by atomic mass is 16.5. The molecule has 28 heavy (non-hydrogen) atoms. The molecule has 4 rings (SSSR count). The van der Waals surface area contributed by atoms with Crippen LogP contribution in [-0.2, 0) is 20.7 Å². The summed E-state index contributed by atoms with van der Waals surface area (Å²) in [7, 11) is 0. The van der Waals surface area contributed by atoms with Gasteiger partial charge in [0.1, 0.15) is 6.61 Å². The summed E-state index contributed by atoms with van der Waals surface area (Å²) in [6.45, 7) is 0.130. The molecule has 0 saturated heterocycles. The average molecular weight is 372 g/mol. The zero-order chi connectivity index (χ0) is 19.5. The molecular formula is C24H20O4. The molecule has 0 bridgehead atoms. The Labute approximate surface area is 163 Å². The Balaban J connectivity index is 1.52. The molecule has 0 amide bonds. The quantitative estimate of drug-likeness (QED) is 0.518. The first-order chi connectivity index (χ1) is 13.6. The number of ether oxygens (including phenoxy) is 1. The number of hydrogen-bond acceptors (Lipinski definition) is 3. The van der Waals surface area contributed by atoms with E-state index in [0.29, 0.717) is 0 Å². The number of carboxylic acid groups (broad SMARTS) is 1. The average Bonchev–Trinajstić information content (AvgIpc) is 3.05. The summed E-state index contributed by atoms with van der Waals surface area (Å²) in [5.74, 6) is -3.16. The van der Waals surface area contributed by atoms with Gasteiger partial charge in [0.15, 0.2) is 5.92 Å². The molecule has 140 valence electrons. The molecule has 0 fully saturated rings. The second-order valence-corrected chi connectivity index (χ2v) is 6.94. The Bertz CT molecular complexity index is 964. The number of aliphatic carboxylic acids is 1. The fourth-order valence-electron chi connectivity index (χ4n) is 3.83. The molecule has 1 aliphatic rings. The lowest BCUT2D eigenvalue weighted by atomic mass is 9.97. The number of esters is 1. The van der Waals surface area contributed by atoms with Crippen molar-refractivity contribution < 1.29 is 19.4 Å². The van der Waals surface area contributed by atoms with Crippen molar-refractivity contribution in [3.8, 4) is 11.1 Å². The number of fused-ring (bicyclic) bond motifs is 3. The normalized spacial score (nSPS) is 13.4. The maximum atomic E-state index is 12.6. The van der Waals surface area contributed by atoms with Crippen LogP contribution in [0.2, 0.25) is 0 Å². The van der Waals surface area contributed by atoms with E-state index in [4.69, 9.17) is 4.74 Å². The molecule has 3 aromatic rings. The summed E-state index contributed by atoms with van der Waals surface area (Å²) < 4.78 is 5.52. The van der Waals surface area contributed by atoms with Crippen LogP contribution in [0.25, 0.3) is 11.1 Å². The summed E-state index contributed by atoms with van der Waals surface area (Å²) in [4.78, 5) is 24.2. The van der Waals surface area contributed by atoms with Gasteiger partial charge < -0.3 is 9.84 Å². The van der Waals surface area contributed by atoms with E-state index in [2.05, 4.69) is 12.1 Å². The molecule has 1 aliphatic carbocycles. The van der Waals surface area contributed by atoms with E-state index in [1.807, 2.05) is 66.7 Å². The second-order valence-electron chi connectivity index (χ2n) is 6.94. The van der Waals surface area contributed by atoms with Crippen LogP contribution in [0, 0.1) is 5.92 Å². The highest BCUT2D eigenvalue weighted by molar-refractivity contribution is 5.94. The van der Waals surface area contributed by atoms with Crippen molar-refractivity contribution in [2.75, 3.05) is 6.61 Å². The molecule has 0 aliphatic heterocycles. The smallest absolute Gasteiger partial charge is 0.320 e. The number of rotatable bonds is 6. The highest BCUT2D eigenvalue weighted by Gasteiger charge is 2.32. The van der Waals surface area contributed by atoms with Crippen LogP contribution < -0.4 is 0 Å². The van der Waals surface area contributed by atoms with Gasteiger partial charge in [-0.05, 0) is 34.2 Å². The van der Waals surface area contributed by atoms with Gasteiger partial charge in [0.2, 0.25) is 0 Å². The van der Waals surface area contributed by atoms with Crippen LogP contribution in [-0.4, -0.2) is 23.7 Å². The predicted octanol–water partition coefficient (Wildman–Crippen LogP) is 4.29. The summed E-state index contributed by atoms with van der Waals surface area (Å²) in [5.41, 5.74) is 5.28. The first-order valence-electron chi connectivity index (χ1n) is 9.26. The third-order valence-electron chi connectivity index (χ3n) is 5.22. The highest BCUT2D eigenvalue weighted by Crippen LogP contribution is 2.44. The van der Waals surface area contributed by atoms with Crippen LogP contribution in [0.4, 0.5) is 0 Å². The van der Waals surface area contributed by atoms with Crippen molar-refractivity contribution in [1.29, 1.82) is 0 Å². The molecule has 0 saturated carbocycles. The molecule has 1 atom stereocenters. The van der Waals surface area contributed by atoms with Crippen molar-refractivity contribution in [3.05, 3.63) is 95.6 Å². The van der Waals surface area contributed by atoms with Crippen LogP contribution in [0.5, 0.6) is 0 Å². The summed E-state index contributed by atoms with van der Waals surface area (Å²) in [5, 5.41) is 9.51. The summed E-state index contributed by atoms with van der Waals surface area (Å²) in [6.07, 6.45) is 0.118. The van der Waals surface area contributed by atoms with Crippen molar-refractivity contribution in [2.45, 2.75) is 12.3 Å². The number of hydrogen-bond donors (Lipinski definition) is 1. The molecule has 0 radical (unpaired) electrons. The molecular weight excluding hydrogens is 352 g/mol. The minimum Gasteiger partial charge on any atom is -0.481 e. The first-order valence-corrected chi connectivity index (χ1v) is 9.26. The predicted molar refractivity (Wildman–Crippen MR) is 106 cm³/mol. The molecule has 3 aromatic carbocycles. The number of benzene rings is 3. The van der Waals surface area contributed by atoms with E-state index in [9.17, 15) is 14.7 Å². The number of carboxylic acids is 1. The molecule has 0 spiro atoms. The molecule has 1 N–H and O–H groups in total. The minimum atomic E-state index is -1.21. The Kier molecular flexibility index (Phi) is 4.94. The van der Waals surface area contributed by atoms with Gasteiger partial charge in [-0.15, -0.1) is 0 Å². The molecule has 4 heteroatoms. The zero-order valence-electron chi connectivity index (χ0n) is 15.2. The second kappa shape index (κ2) is 7.69. The summed E-state index contributed by atoms with van der Waals surface area (Å²) in [6, 6.07) is 25.2. The topological polar surface area (TPSA) is 63.6 Å². The Morgan fingerprint density at radius 3 is 1.93 bits per heavy atom. The lowest BCUT2D eigenvalue weighted by Gasteiger charge is -2.17. The lowest BCUT2D eigenvalue weighted by molar-refractivity contribution is -0.158. The lowest BCUT2D eigenvalue weighted by Crippen LogP contribution is -2.29. The molecule has 1 unspecified atom stereocenters. The van der Waals surface area contributed by atoms with Crippen molar-refractivity contribution in [3.63, 3.8) is 0 Å². The monoisotopic (exact) mass is 372 g/mol. The SMILES string of the molecule is O=C(O)C(Cc1ccccc1)C(=O)OCC1c2ccccc2-c2ccccc21. The van der Waals surface area contributed by atoms with Gasteiger partial charge in [-0.3, -0.25) is 9.59 Å². The largest absolute Gasteiger partial charge is 0.481 e. The molecule has 0 aromatic heterocycles. The third kappa shape index (κ3) is 3.41. The maximum Gasteiger partial charge on any atom is 0.320 e. The first kappa shape index (κ1) is 18.0. The van der Waals surface area contributed by atoms with Gasteiger partial charge >= 0.3 is 11.9 Å². The van der Waals surface area contributed by atoms with E-state index in [0.717, 1.165) is 27.8 Å². The van der Waals surface area contributed by atoms with Crippen molar-refractivity contribution in [1.82, 2.24) is 0 Å². The van der Waals surface area contributed by atoms with Crippen LogP contribution in [0.3, 0.4) is 0 Å².